The number of benzene rings is 2. The predicted molar refractivity (Wildman–Crippen MR) is 102 cm³/mol. The van der Waals surface area contributed by atoms with Gasteiger partial charge in [0.05, 0.1) is 5.71 Å². The van der Waals surface area contributed by atoms with E-state index >= 15 is 0 Å². The van der Waals surface area contributed by atoms with Gasteiger partial charge in [0.15, 0.2) is 6.61 Å². The summed E-state index contributed by atoms with van der Waals surface area (Å²) < 4.78 is 5.49. The molecule has 0 fully saturated rings. The lowest BCUT2D eigenvalue weighted by Gasteiger charge is -2.19. The maximum Gasteiger partial charge on any atom is 0.277 e. The first kappa shape index (κ1) is 19.0. The SMILES string of the molecule is C/C(=N\NC(=O)COc1ccc(C(C)(C)C)cc1)c1ccc(Cl)cc1. The van der Waals surface area contributed by atoms with E-state index in [-0.39, 0.29) is 17.9 Å². The molecular weight excluding hydrogens is 336 g/mol. The van der Waals surface area contributed by atoms with Crippen LogP contribution in [0.25, 0.3) is 0 Å². The van der Waals surface area contributed by atoms with Crippen LogP contribution in [0, 0.1) is 0 Å². The molecule has 25 heavy (non-hydrogen) atoms. The highest BCUT2D eigenvalue weighted by Gasteiger charge is 2.13. The fourth-order valence-electron chi connectivity index (χ4n) is 2.13. The Morgan fingerprint density at radius 3 is 2.24 bits per heavy atom. The summed E-state index contributed by atoms with van der Waals surface area (Å²) in [5.41, 5.74) is 5.38. The van der Waals surface area contributed by atoms with Crippen LogP contribution in [0.1, 0.15) is 38.8 Å². The van der Waals surface area contributed by atoms with Crippen molar-refractivity contribution in [3.05, 3.63) is 64.7 Å². The average Bonchev–Trinajstić information content (AvgIpc) is 2.58. The van der Waals surface area contributed by atoms with Gasteiger partial charge >= 0.3 is 0 Å². The highest BCUT2D eigenvalue weighted by atomic mass is 35.5. The molecule has 0 atom stereocenters. The number of ether oxygens (including phenoxy) is 1. The molecule has 0 saturated heterocycles. The number of hydrogen-bond acceptors (Lipinski definition) is 3. The van der Waals surface area contributed by atoms with E-state index in [9.17, 15) is 4.79 Å². The van der Waals surface area contributed by atoms with Crippen LogP contribution in [-0.4, -0.2) is 18.2 Å². The zero-order valence-electron chi connectivity index (χ0n) is 15.0. The summed E-state index contributed by atoms with van der Waals surface area (Å²) in [6, 6.07) is 15.0. The van der Waals surface area contributed by atoms with Crippen molar-refractivity contribution in [3.63, 3.8) is 0 Å². The number of amides is 1. The highest BCUT2D eigenvalue weighted by Crippen LogP contribution is 2.24. The maximum absolute atomic E-state index is 11.9. The van der Waals surface area contributed by atoms with Crippen molar-refractivity contribution >= 4 is 23.2 Å². The lowest BCUT2D eigenvalue weighted by molar-refractivity contribution is -0.123. The third-order valence-electron chi connectivity index (χ3n) is 3.70. The normalized spacial score (nSPS) is 12.0. The first-order chi connectivity index (χ1) is 11.8. The van der Waals surface area contributed by atoms with E-state index in [1.807, 2.05) is 43.3 Å². The Morgan fingerprint density at radius 2 is 1.68 bits per heavy atom. The van der Waals surface area contributed by atoms with Crippen LogP contribution >= 0.6 is 11.6 Å². The van der Waals surface area contributed by atoms with Crippen LogP contribution in [0.4, 0.5) is 0 Å². The summed E-state index contributed by atoms with van der Waals surface area (Å²) in [7, 11) is 0. The molecule has 0 bridgehead atoms. The number of halogens is 1. The standard InChI is InChI=1S/C20H23ClN2O2/c1-14(15-5-9-17(21)10-6-15)22-23-19(24)13-25-18-11-7-16(8-12-18)20(2,3)4/h5-12H,13H2,1-4H3,(H,23,24)/b22-14+. The van der Waals surface area contributed by atoms with Gasteiger partial charge in [0.2, 0.25) is 0 Å². The van der Waals surface area contributed by atoms with Crippen LogP contribution in [0.3, 0.4) is 0 Å². The second-order valence-corrected chi connectivity index (χ2v) is 7.24. The van der Waals surface area contributed by atoms with E-state index in [2.05, 4.69) is 31.3 Å². The smallest absolute Gasteiger partial charge is 0.277 e. The molecule has 2 rings (SSSR count). The van der Waals surface area contributed by atoms with Crippen molar-refractivity contribution in [2.24, 2.45) is 5.10 Å². The Morgan fingerprint density at radius 1 is 1.08 bits per heavy atom. The minimum absolute atomic E-state index is 0.0871. The van der Waals surface area contributed by atoms with Crippen molar-refractivity contribution in [1.82, 2.24) is 5.43 Å². The van der Waals surface area contributed by atoms with E-state index in [0.29, 0.717) is 16.5 Å². The van der Waals surface area contributed by atoms with E-state index in [4.69, 9.17) is 16.3 Å². The van der Waals surface area contributed by atoms with Gasteiger partial charge in [-0.05, 0) is 47.7 Å². The second-order valence-electron chi connectivity index (χ2n) is 6.80. The van der Waals surface area contributed by atoms with Crippen LogP contribution < -0.4 is 10.2 Å². The number of nitrogens with zero attached hydrogens (tertiary/aromatic N) is 1. The fraction of sp³-hybridized carbons (Fsp3) is 0.300. The molecule has 0 aliphatic rings. The molecule has 2 aromatic carbocycles. The number of hydrogen-bond donors (Lipinski definition) is 1. The predicted octanol–water partition coefficient (Wildman–Crippen LogP) is 4.56. The van der Waals surface area contributed by atoms with Crippen molar-refractivity contribution in [2.75, 3.05) is 6.61 Å². The van der Waals surface area contributed by atoms with Gasteiger partial charge in [-0.2, -0.15) is 5.10 Å². The van der Waals surface area contributed by atoms with Gasteiger partial charge < -0.3 is 4.74 Å². The van der Waals surface area contributed by atoms with E-state index in [1.165, 1.54) is 5.56 Å². The van der Waals surface area contributed by atoms with Gasteiger partial charge in [-0.25, -0.2) is 5.43 Å². The molecule has 0 aliphatic carbocycles. The number of rotatable bonds is 5. The lowest BCUT2D eigenvalue weighted by atomic mass is 9.87. The Kier molecular flexibility index (Phi) is 6.21. The molecule has 1 N–H and O–H groups in total. The zero-order valence-corrected chi connectivity index (χ0v) is 15.7. The molecule has 2 aromatic rings. The van der Waals surface area contributed by atoms with Gasteiger partial charge in [0.25, 0.3) is 5.91 Å². The highest BCUT2D eigenvalue weighted by molar-refractivity contribution is 6.30. The van der Waals surface area contributed by atoms with Gasteiger partial charge in [-0.3, -0.25) is 4.79 Å². The number of nitrogens with one attached hydrogen (secondary N) is 1. The summed E-state index contributed by atoms with van der Waals surface area (Å²) in [6.07, 6.45) is 0. The van der Waals surface area contributed by atoms with Crippen LogP contribution in [0.15, 0.2) is 53.6 Å². The Bertz CT molecular complexity index is 745. The Labute approximate surface area is 153 Å². The third kappa shape index (κ3) is 5.91. The molecule has 5 heteroatoms. The third-order valence-corrected chi connectivity index (χ3v) is 3.95. The molecule has 132 valence electrons. The van der Waals surface area contributed by atoms with Gasteiger partial charge in [-0.15, -0.1) is 0 Å². The topological polar surface area (TPSA) is 50.7 Å². The maximum atomic E-state index is 11.9. The molecule has 0 aliphatic heterocycles. The summed E-state index contributed by atoms with van der Waals surface area (Å²) in [5.74, 6) is 0.342. The molecule has 0 unspecified atom stereocenters. The van der Waals surface area contributed by atoms with Crippen LogP contribution in [-0.2, 0) is 10.2 Å². The first-order valence-electron chi connectivity index (χ1n) is 8.08. The zero-order chi connectivity index (χ0) is 18.4. The summed E-state index contributed by atoms with van der Waals surface area (Å²) in [5, 5.41) is 4.74. The monoisotopic (exact) mass is 358 g/mol. The summed E-state index contributed by atoms with van der Waals surface area (Å²) in [4.78, 5) is 11.9. The van der Waals surface area contributed by atoms with Crippen molar-refractivity contribution in [1.29, 1.82) is 0 Å². The molecule has 0 radical (unpaired) electrons. The van der Waals surface area contributed by atoms with Gasteiger partial charge in [0, 0.05) is 5.02 Å². The van der Waals surface area contributed by atoms with E-state index < -0.39 is 0 Å². The number of hydrazone groups is 1. The molecule has 0 heterocycles. The lowest BCUT2D eigenvalue weighted by Crippen LogP contribution is -2.25. The second kappa shape index (κ2) is 8.17. The molecule has 0 aromatic heterocycles. The Balaban J connectivity index is 1.86. The van der Waals surface area contributed by atoms with Crippen molar-refractivity contribution in [2.45, 2.75) is 33.1 Å². The summed E-state index contributed by atoms with van der Waals surface area (Å²) in [6.45, 7) is 8.17. The van der Waals surface area contributed by atoms with Gasteiger partial charge in [0.1, 0.15) is 5.75 Å². The van der Waals surface area contributed by atoms with E-state index in [0.717, 1.165) is 5.56 Å². The van der Waals surface area contributed by atoms with Gasteiger partial charge in [-0.1, -0.05) is 56.6 Å². The number of carbonyl (C=O) groups excluding carboxylic acids is 1. The summed E-state index contributed by atoms with van der Waals surface area (Å²) >= 11 is 5.85. The van der Waals surface area contributed by atoms with Crippen LogP contribution in [0.2, 0.25) is 5.02 Å². The minimum atomic E-state index is -0.312. The van der Waals surface area contributed by atoms with Crippen LogP contribution in [0.5, 0.6) is 5.75 Å². The van der Waals surface area contributed by atoms with E-state index in [1.54, 1.807) is 12.1 Å². The molecule has 4 nitrogen and oxygen atoms in total. The average molecular weight is 359 g/mol. The molecular formula is C20H23ClN2O2. The quantitative estimate of drug-likeness (QED) is 0.629. The molecule has 0 saturated carbocycles. The molecule has 1 amide bonds. The molecule has 0 spiro atoms. The minimum Gasteiger partial charge on any atom is -0.484 e. The van der Waals surface area contributed by atoms with Crippen molar-refractivity contribution < 1.29 is 9.53 Å². The fourth-order valence-corrected chi connectivity index (χ4v) is 2.26. The number of carbonyl (C=O) groups is 1. The Hall–Kier alpha value is -2.33. The van der Waals surface area contributed by atoms with Crippen molar-refractivity contribution in [3.8, 4) is 5.75 Å². The first-order valence-corrected chi connectivity index (χ1v) is 8.46. The largest absolute Gasteiger partial charge is 0.484 e.